The van der Waals surface area contributed by atoms with Crippen molar-refractivity contribution in [1.29, 1.82) is 0 Å². The second kappa shape index (κ2) is 13.7. The molecule has 3 aromatic rings. The molecule has 0 saturated heterocycles. The molecule has 0 aromatic heterocycles. The van der Waals surface area contributed by atoms with Gasteiger partial charge in [-0.05, 0) is 73.6 Å². The largest absolute Gasteiger partial charge is 0.430 e. The minimum absolute atomic E-state index is 0.0333. The zero-order chi connectivity index (χ0) is 37.6. The third-order valence-corrected chi connectivity index (χ3v) is 12.2. The van der Waals surface area contributed by atoms with Crippen molar-refractivity contribution in [2.75, 3.05) is 6.54 Å². The maximum absolute atomic E-state index is 14.5. The Morgan fingerprint density at radius 1 is 0.804 bits per heavy atom. The summed E-state index contributed by atoms with van der Waals surface area (Å²) >= 11 is 0. The summed E-state index contributed by atoms with van der Waals surface area (Å²) in [6.07, 6.45) is -13.9. The standard InChI is InChI=1S/C34H30F11NO4S/c35-24-8-10-25(11-9-24)51(48,49)30(16-21(17-30)29(47)46-18-20-12-14-31(38,39)15-13-20)22-4-6-23(7-5-22)32(33(40,41)42,34(43,44)45)50-19-26-27(36)2-1-3-28(26)37/h1-11,20-21H,12-19H2,(H,46,47). The van der Waals surface area contributed by atoms with E-state index in [1.807, 2.05) is 0 Å². The molecule has 51 heavy (non-hydrogen) atoms. The smallest absolute Gasteiger partial charge is 0.356 e. The number of amides is 1. The molecule has 0 radical (unpaired) electrons. The van der Waals surface area contributed by atoms with Crippen molar-refractivity contribution in [2.24, 2.45) is 11.8 Å². The van der Waals surface area contributed by atoms with Crippen molar-refractivity contribution >= 4 is 15.7 Å². The lowest BCUT2D eigenvalue weighted by atomic mass is 9.69. The van der Waals surface area contributed by atoms with Crippen LogP contribution in [-0.2, 0) is 36.3 Å². The first-order valence-corrected chi connectivity index (χ1v) is 17.1. The van der Waals surface area contributed by atoms with E-state index in [1.165, 1.54) is 0 Å². The van der Waals surface area contributed by atoms with Gasteiger partial charge < -0.3 is 10.1 Å². The number of hydrogen-bond acceptors (Lipinski definition) is 4. The first-order valence-electron chi connectivity index (χ1n) is 15.6. The van der Waals surface area contributed by atoms with Gasteiger partial charge in [0.1, 0.15) is 22.2 Å². The van der Waals surface area contributed by atoms with E-state index in [0.29, 0.717) is 36.4 Å². The molecular formula is C34H30F11NO4S. The van der Waals surface area contributed by atoms with Gasteiger partial charge in [0.2, 0.25) is 11.8 Å². The summed E-state index contributed by atoms with van der Waals surface area (Å²) in [7, 11) is -4.60. The monoisotopic (exact) mass is 757 g/mol. The highest BCUT2D eigenvalue weighted by molar-refractivity contribution is 7.92. The second-order valence-electron chi connectivity index (χ2n) is 12.8. The van der Waals surface area contributed by atoms with Crippen LogP contribution in [0.5, 0.6) is 0 Å². The molecule has 1 N–H and O–H groups in total. The van der Waals surface area contributed by atoms with Crippen molar-refractivity contribution in [3.8, 4) is 0 Å². The van der Waals surface area contributed by atoms with E-state index >= 15 is 0 Å². The number of carbonyl (C=O) groups excluding carboxylic acids is 1. The Labute approximate surface area is 285 Å². The lowest BCUT2D eigenvalue weighted by molar-refractivity contribution is -0.392. The van der Waals surface area contributed by atoms with Crippen molar-refractivity contribution < 1.29 is 66.2 Å². The summed E-state index contributed by atoms with van der Waals surface area (Å²) in [5, 5.41) is 2.62. The van der Waals surface area contributed by atoms with Gasteiger partial charge in [-0.15, -0.1) is 0 Å². The molecule has 0 atom stereocenters. The van der Waals surface area contributed by atoms with Crippen LogP contribution in [0.2, 0.25) is 0 Å². The number of nitrogens with one attached hydrogen (secondary N) is 1. The molecule has 2 saturated carbocycles. The lowest BCUT2D eigenvalue weighted by Crippen LogP contribution is -2.56. The zero-order valence-corrected chi connectivity index (χ0v) is 27.2. The molecule has 5 nitrogen and oxygen atoms in total. The molecule has 5 rings (SSSR count). The van der Waals surface area contributed by atoms with Crippen LogP contribution in [0.4, 0.5) is 48.3 Å². The summed E-state index contributed by atoms with van der Waals surface area (Å²) in [5.74, 6) is -8.41. The lowest BCUT2D eigenvalue weighted by Gasteiger charge is -2.46. The Hall–Kier alpha value is -3.73. The van der Waals surface area contributed by atoms with Gasteiger partial charge in [0.15, 0.2) is 9.84 Å². The second-order valence-corrected chi connectivity index (χ2v) is 15.1. The zero-order valence-electron chi connectivity index (χ0n) is 26.4. The molecule has 17 heteroatoms. The van der Waals surface area contributed by atoms with Gasteiger partial charge >= 0.3 is 12.4 Å². The summed E-state index contributed by atoms with van der Waals surface area (Å²) in [4.78, 5) is 12.6. The Morgan fingerprint density at radius 3 is 1.84 bits per heavy atom. The van der Waals surface area contributed by atoms with E-state index in [1.54, 1.807) is 0 Å². The molecule has 0 unspecified atom stereocenters. The number of sulfone groups is 1. The van der Waals surface area contributed by atoms with Crippen molar-refractivity contribution in [3.63, 3.8) is 0 Å². The highest BCUT2D eigenvalue weighted by Crippen LogP contribution is 2.56. The minimum atomic E-state index is -6.25. The van der Waals surface area contributed by atoms with E-state index in [2.05, 4.69) is 10.1 Å². The van der Waals surface area contributed by atoms with E-state index in [0.717, 1.165) is 30.3 Å². The SMILES string of the molecule is O=C(NCC1CCC(F)(F)CC1)C1CC(c2ccc(C(OCc3c(F)cccc3F)(C(F)(F)F)C(F)(F)F)cc2)(S(=O)(=O)c2ccc(F)cc2)C1. The topological polar surface area (TPSA) is 72.5 Å². The van der Waals surface area contributed by atoms with E-state index in [9.17, 15) is 61.5 Å². The number of carbonyl (C=O) groups is 1. The Balaban J connectivity index is 1.48. The Kier molecular flexibility index (Phi) is 10.3. The van der Waals surface area contributed by atoms with E-state index in [-0.39, 0.29) is 43.7 Å². The van der Waals surface area contributed by atoms with Crippen LogP contribution < -0.4 is 5.32 Å². The number of halogens is 11. The van der Waals surface area contributed by atoms with Gasteiger partial charge in [0.05, 0.1) is 11.5 Å². The first-order chi connectivity index (χ1) is 23.6. The highest BCUT2D eigenvalue weighted by Gasteiger charge is 2.73. The summed E-state index contributed by atoms with van der Waals surface area (Å²) in [6, 6.07) is 7.64. The van der Waals surface area contributed by atoms with Crippen molar-refractivity contribution in [1.82, 2.24) is 5.32 Å². The number of ether oxygens (including phenoxy) is 1. The quantitative estimate of drug-likeness (QED) is 0.166. The van der Waals surface area contributed by atoms with Crippen LogP contribution in [-0.4, -0.2) is 39.1 Å². The normalized spacial score (nSPS) is 21.6. The van der Waals surface area contributed by atoms with Crippen molar-refractivity contribution in [2.45, 2.75) is 78.7 Å². The van der Waals surface area contributed by atoms with Crippen LogP contribution in [0, 0.1) is 29.3 Å². The molecule has 0 bridgehead atoms. The Bertz CT molecular complexity index is 1790. The Morgan fingerprint density at radius 2 is 1.33 bits per heavy atom. The van der Waals surface area contributed by atoms with Gasteiger partial charge in [-0.25, -0.2) is 30.4 Å². The van der Waals surface area contributed by atoms with Crippen LogP contribution in [0.1, 0.15) is 55.2 Å². The molecule has 1 amide bonds. The molecule has 0 heterocycles. The van der Waals surface area contributed by atoms with E-state index in [4.69, 9.17) is 0 Å². The molecule has 0 aliphatic heterocycles. The number of alkyl halides is 8. The summed E-state index contributed by atoms with van der Waals surface area (Å²) in [5.41, 5.74) is -8.20. The molecule has 2 aliphatic rings. The van der Waals surface area contributed by atoms with Gasteiger partial charge in [0, 0.05) is 36.4 Å². The number of rotatable bonds is 10. The fourth-order valence-corrected chi connectivity index (χ4v) is 8.89. The summed E-state index contributed by atoms with van der Waals surface area (Å²) < 4.78 is 186. The van der Waals surface area contributed by atoms with Crippen LogP contribution in [0.3, 0.4) is 0 Å². The van der Waals surface area contributed by atoms with Gasteiger partial charge in [-0.3, -0.25) is 4.79 Å². The van der Waals surface area contributed by atoms with Gasteiger partial charge in [-0.1, -0.05) is 30.3 Å². The first kappa shape index (κ1) is 38.5. The maximum Gasteiger partial charge on any atom is 0.430 e. The number of benzene rings is 3. The maximum atomic E-state index is 14.5. The fraction of sp³-hybridized carbons (Fsp3) is 0.441. The highest BCUT2D eigenvalue weighted by atomic mass is 32.2. The van der Waals surface area contributed by atoms with Crippen LogP contribution in [0.25, 0.3) is 0 Å². The average molecular weight is 758 g/mol. The fourth-order valence-electron chi connectivity index (χ4n) is 6.66. The van der Waals surface area contributed by atoms with Crippen LogP contribution in [0.15, 0.2) is 71.6 Å². The predicted octanol–water partition coefficient (Wildman–Crippen LogP) is 8.66. The molecule has 2 aliphatic carbocycles. The van der Waals surface area contributed by atoms with E-state index < -0.39 is 103 Å². The molecule has 3 aromatic carbocycles. The number of hydrogen-bond donors (Lipinski definition) is 1. The van der Waals surface area contributed by atoms with Gasteiger partial charge in [0.25, 0.3) is 5.60 Å². The van der Waals surface area contributed by atoms with Crippen LogP contribution >= 0.6 is 0 Å². The average Bonchev–Trinajstić information content (AvgIpc) is 3.01. The molecule has 278 valence electrons. The third kappa shape index (κ3) is 7.19. The minimum Gasteiger partial charge on any atom is -0.356 e. The molecule has 0 spiro atoms. The molecule has 2 fully saturated rings. The van der Waals surface area contributed by atoms with Gasteiger partial charge in [-0.2, -0.15) is 26.3 Å². The summed E-state index contributed by atoms with van der Waals surface area (Å²) in [6.45, 7) is -1.76. The molecular weight excluding hydrogens is 727 g/mol. The third-order valence-electron chi connectivity index (χ3n) is 9.67. The van der Waals surface area contributed by atoms with Crippen molar-refractivity contribution in [3.05, 3.63) is 101 Å². The predicted molar refractivity (Wildman–Crippen MR) is 159 cm³/mol.